The van der Waals surface area contributed by atoms with Crippen LogP contribution in [0.4, 0.5) is 11.4 Å². The minimum absolute atomic E-state index is 0.177. The number of nitrogens with zero attached hydrogens (tertiary/aromatic N) is 1. The molecule has 0 amide bonds. The van der Waals surface area contributed by atoms with Crippen molar-refractivity contribution in [1.29, 1.82) is 0 Å². The molecule has 0 radical (unpaired) electrons. The third-order valence-electron chi connectivity index (χ3n) is 2.51. The van der Waals surface area contributed by atoms with Crippen molar-refractivity contribution in [3.63, 3.8) is 0 Å². The lowest BCUT2D eigenvalue weighted by Gasteiger charge is -2.15. The van der Waals surface area contributed by atoms with Crippen LogP contribution in [0.2, 0.25) is 0 Å². The molecule has 0 saturated heterocycles. The Hall–Kier alpha value is -1.71. The smallest absolute Gasteiger partial charge is 0.272 e. The number of benzene rings is 1. The summed E-state index contributed by atoms with van der Waals surface area (Å²) in [6, 6.07) is 2.95. The van der Waals surface area contributed by atoms with Gasteiger partial charge in [0.05, 0.1) is 16.4 Å². The number of anilines is 1. The molecule has 1 aromatic rings. The summed E-state index contributed by atoms with van der Waals surface area (Å²) in [5, 5.41) is 27.6. The summed E-state index contributed by atoms with van der Waals surface area (Å²) >= 11 is 0. The van der Waals surface area contributed by atoms with Gasteiger partial charge in [-0.1, -0.05) is 6.92 Å². The number of hydrogen-bond donors (Lipinski definition) is 3. The first-order valence-electron chi connectivity index (χ1n) is 5.47. The number of rotatable bonds is 6. The van der Waals surface area contributed by atoms with Gasteiger partial charge >= 0.3 is 0 Å². The fraction of sp³-hybridized carbons (Fsp3) is 0.400. The zero-order valence-electron chi connectivity index (χ0n) is 10.2. The molecular formula is C10H15N3O5S. The third-order valence-corrected chi connectivity index (χ3v) is 3.41. The van der Waals surface area contributed by atoms with Gasteiger partial charge in [0.25, 0.3) is 5.69 Å². The predicted molar refractivity (Wildman–Crippen MR) is 69.3 cm³/mol. The van der Waals surface area contributed by atoms with Gasteiger partial charge in [-0.2, -0.15) is 0 Å². The number of nitro groups is 1. The molecule has 1 atom stereocenters. The highest BCUT2D eigenvalue weighted by molar-refractivity contribution is 7.89. The highest BCUT2D eigenvalue weighted by Crippen LogP contribution is 2.24. The average Bonchev–Trinajstić information content (AvgIpc) is 2.34. The van der Waals surface area contributed by atoms with Gasteiger partial charge in [0.15, 0.2) is 0 Å². The van der Waals surface area contributed by atoms with Crippen LogP contribution in [0.1, 0.15) is 13.3 Å². The van der Waals surface area contributed by atoms with E-state index in [9.17, 15) is 18.5 Å². The molecular weight excluding hydrogens is 274 g/mol. The quantitative estimate of drug-likeness (QED) is 0.513. The van der Waals surface area contributed by atoms with Crippen molar-refractivity contribution in [2.24, 2.45) is 5.14 Å². The largest absolute Gasteiger partial charge is 0.394 e. The van der Waals surface area contributed by atoms with E-state index in [0.29, 0.717) is 6.42 Å². The first-order chi connectivity index (χ1) is 8.77. The number of sulfonamides is 1. The van der Waals surface area contributed by atoms with Crippen molar-refractivity contribution in [1.82, 2.24) is 0 Å². The van der Waals surface area contributed by atoms with Gasteiger partial charge in [-0.15, -0.1) is 0 Å². The molecule has 0 heterocycles. The van der Waals surface area contributed by atoms with Crippen LogP contribution in [0.5, 0.6) is 0 Å². The van der Waals surface area contributed by atoms with Gasteiger partial charge < -0.3 is 10.4 Å². The number of aliphatic hydroxyl groups is 1. The molecule has 0 spiro atoms. The summed E-state index contributed by atoms with van der Waals surface area (Å²) in [6.45, 7) is 1.63. The molecule has 19 heavy (non-hydrogen) atoms. The van der Waals surface area contributed by atoms with Crippen LogP contribution in [0.3, 0.4) is 0 Å². The molecule has 0 bridgehead atoms. The summed E-state index contributed by atoms with van der Waals surface area (Å²) in [7, 11) is -4.04. The number of nitrogens with two attached hydrogens (primary N) is 1. The lowest BCUT2D eigenvalue weighted by Crippen LogP contribution is -2.23. The van der Waals surface area contributed by atoms with E-state index in [4.69, 9.17) is 10.2 Å². The topological polar surface area (TPSA) is 136 Å². The first kappa shape index (κ1) is 15.3. The van der Waals surface area contributed by atoms with Gasteiger partial charge in [-0.05, 0) is 12.5 Å². The minimum atomic E-state index is -4.04. The molecule has 0 aliphatic carbocycles. The van der Waals surface area contributed by atoms with E-state index in [2.05, 4.69) is 5.32 Å². The van der Waals surface area contributed by atoms with E-state index >= 15 is 0 Å². The maximum atomic E-state index is 11.3. The Labute approximate surface area is 110 Å². The molecule has 0 fully saturated rings. The van der Waals surface area contributed by atoms with Crippen molar-refractivity contribution in [3.8, 4) is 0 Å². The Morgan fingerprint density at radius 3 is 2.53 bits per heavy atom. The van der Waals surface area contributed by atoms with Crippen molar-refractivity contribution >= 4 is 21.4 Å². The first-order valence-corrected chi connectivity index (χ1v) is 7.02. The molecule has 106 valence electrons. The molecule has 9 heteroatoms. The highest BCUT2D eigenvalue weighted by Gasteiger charge is 2.17. The maximum Gasteiger partial charge on any atom is 0.272 e. The van der Waals surface area contributed by atoms with Crippen LogP contribution in [0.25, 0.3) is 0 Å². The van der Waals surface area contributed by atoms with E-state index < -0.39 is 14.9 Å². The Balaban J connectivity index is 3.25. The number of non-ortho nitro benzene ring substituents is 1. The number of hydrogen-bond acceptors (Lipinski definition) is 6. The zero-order valence-corrected chi connectivity index (χ0v) is 11.1. The molecule has 0 aliphatic rings. The predicted octanol–water partition coefficient (Wildman–Crippen LogP) is 0.425. The van der Waals surface area contributed by atoms with Crippen molar-refractivity contribution in [2.45, 2.75) is 24.3 Å². The number of nitrogens with one attached hydrogen (secondary N) is 1. The number of aliphatic hydroxyl groups excluding tert-OH is 1. The van der Waals surface area contributed by atoms with Gasteiger partial charge in [-0.3, -0.25) is 10.1 Å². The maximum absolute atomic E-state index is 11.3. The highest BCUT2D eigenvalue weighted by atomic mass is 32.2. The van der Waals surface area contributed by atoms with Gasteiger partial charge in [0, 0.05) is 23.9 Å². The fourth-order valence-electron chi connectivity index (χ4n) is 1.45. The molecule has 4 N–H and O–H groups in total. The van der Waals surface area contributed by atoms with Crippen LogP contribution in [0, 0.1) is 10.1 Å². The lowest BCUT2D eigenvalue weighted by atomic mass is 10.2. The minimum Gasteiger partial charge on any atom is -0.394 e. The van der Waals surface area contributed by atoms with Crippen molar-refractivity contribution in [3.05, 3.63) is 28.3 Å². The molecule has 0 unspecified atom stereocenters. The van der Waals surface area contributed by atoms with E-state index in [-0.39, 0.29) is 28.9 Å². The molecule has 1 aromatic carbocycles. The van der Waals surface area contributed by atoms with Gasteiger partial charge in [-0.25, -0.2) is 13.6 Å². The zero-order chi connectivity index (χ0) is 14.6. The van der Waals surface area contributed by atoms with Crippen LogP contribution in [-0.2, 0) is 10.0 Å². The Morgan fingerprint density at radius 1 is 1.47 bits per heavy atom. The van der Waals surface area contributed by atoms with Crippen molar-refractivity contribution < 1.29 is 18.4 Å². The fourth-order valence-corrected chi connectivity index (χ4v) is 2.03. The average molecular weight is 289 g/mol. The summed E-state index contributed by atoms with van der Waals surface area (Å²) in [5.74, 6) is 0. The molecule has 0 aliphatic heterocycles. The molecule has 1 rings (SSSR count). The van der Waals surface area contributed by atoms with E-state index in [1.54, 1.807) is 0 Å². The number of nitro benzene ring substituents is 1. The van der Waals surface area contributed by atoms with E-state index in [1.165, 1.54) is 12.1 Å². The Kier molecular flexibility index (Phi) is 4.81. The normalized spacial score (nSPS) is 13.0. The Morgan fingerprint density at radius 2 is 2.11 bits per heavy atom. The monoisotopic (exact) mass is 289 g/mol. The van der Waals surface area contributed by atoms with Gasteiger partial charge in [0.2, 0.25) is 10.0 Å². The second kappa shape index (κ2) is 5.95. The molecule has 0 saturated carbocycles. The number of primary sulfonamides is 1. The third kappa shape index (κ3) is 4.16. The van der Waals surface area contributed by atoms with Crippen LogP contribution >= 0.6 is 0 Å². The summed E-state index contributed by atoms with van der Waals surface area (Å²) < 4.78 is 22.5. The second-order valence-corrected chi connectivity index (χ2v) is 5.51. The van der Waals surface area contributed by atoms with Crippen LogP contribution < -0.4 is 10.5 Å². The SMILES string of the molecule is CC[C@@H](CO)Nc1cc([N+](=O)[O-])cc(S(N)(=O)=O)c1. The molecule has 0 aromatic heterocycles. The summed E-state index contributed by atoms with van der Waals surface area (Å²) in [6.07, 6.45) is 0.573. The Bertz CT molecular complexity index is 569. The van der Waals surface area contributed by atoms with Crippen LogP contribution in [0.15, 0.2) is 23.1 Å². The molecule has 8 nitrogen and oxygen atoms in total. The lowest BCUT2D eigenvalue weighted by molar-refractivity contribution is -0.385. The second-order valence-electron chi connectivity index (χ2n) is 3.95. The van der Waals surface area contributed by atoms with E-state index in [0.717, 1.165) is 6.07 Å². The summed E-state index contributed by atoms with van der Waals surface area (Å²) in [5.41, 5.74) is -0.166. The standard InChI is InChI=1S/C10H15N3O5S/c1-2-7(6-14)12-8-3-9(13(15)16)5-10(4-8)19(11,17)18/h3-5,7,12,14H,2,6H2,1H3,(H2,11,17,18)/t7-/m0/s1. The van der Waals surface area contributed by atoms with Gasteiger partial charge in [0.1, 0.15) is 0 Å². The van der Waals surface area contributed by atoms with E-state index in [1.807, 2.05) is 6.92 Å². The van der Waals surface area contributed by atoms with Crippen LogP contribution in [-0.4, -0.2) is 31.1 Å². The van der Waals surface area contributed by atoms with Crippen molar-refractivity contribution in [2.75, 3.05) is 11.9 Å². The summed E-state index contributed by atoms with van der Waals surface area (Å²) in [4.78, 5) is 9.69.